The highest BCUT2D eigenvalue weighted by Crippen LogP contribution is 2.38. The van der Waals surface area contributed by atoms with Gasteiger partial charge in [0.15, 0.2) is 11.5 Å². The summed E-state index contributed by atoms with van der Waals surface area (Å²) >= 11 is 3.57. The van der Waals surface area contributed by atoms with Crippen LogP contribution in [0.25, 0.3) is 27.6 Å². The number of nitriles is 1. The van der Waals surface area contributed by atoms with Crippen LogP contribution in [0.1, 0.15) is 11.1 Å². The average Bonchev–Trinajstić information content (AvgIpc) is 2.95. The van der Waals surface area contributed by atoms with Crippen LogP contribution in [0.2, 0.25) is 0 Å². The van der Waals surface area contributed by atoms with Crippen molar-refractivity contribution in [2.24, 2.45) is 0 Å². The topological polar surface area (TPSA) is 71.3 Å². The molecule has 5 aromatic carbocycles. The van der Waals surface area contributed by atoms with Gasteiger partial charge in [-0.05, 0) is 78.9 Å². The number of carbonyl (C=O) groups is 1. The van der Waals surface area contributed by atoms with Crippen molar-refractivity contribution in [2.75, 3.05) is 12.4 Å². The van der Waals surface area contributed by atoms with E-state index in [1.807, 2.05) is 72.8 Å². The van der Waals surface area contributed by atoms with Crippen molar-refractivity contribution in [1.82, 2.24) is 0 Å². The van der Waals surface area contributed by atoms with E-state index in [1.165, 1.54) is 6.08 Å². The Kier molecular flexibility index (Phi) is 7.39. The van der Waals surface area contributed by atoms with Crippen molar-refractivity contribution in [3.05, 3.63) is 118 Å². The zero-order valence-electron chi connectivity index (χ0n) is 20.6. The van der Waals surface area contributed by atoms with Crippen LogP contribution in [-0.4, -0.2) is 13.0 Å². The van der Waals surface area contributed by atoms with Crippen molar-refractivity contribution in [3.8, 4) is 17.6 Å². The van der Waals surface area contributed by atoms with Crippen molar-refractivity contribution < 1.29 is 14.3 Å². The first kappa shape index (κ1) is 25.1. The Labute approximate surface area is 229 Å². The van der Waals surface area contributed by atoms with Crippen molar-refractivity contribution in [1.29, 1.82) is 5.26 Å². The number of fused-ring (bicyclic) bond motifs is 2. The molecule has 0 radical (unpaired) electrons. The van der Waals surface area contributed by atoms with E-state index in [0.717, 1.165) is 27.1 Å². The van der Waals surface area contributed by atoms with E-state index >= 15 is 0 Å². The second-order valence-electron chi connectivity index (χ2n) is 8.65. The number of nitrogens with zero attached hydrogens (tertiary/aromatic N) is 1. The van der Waals surface area contributed by atoms with E-state index in [4.69, 9.17) is 9.47 Å². The van der Waals surface area contributed by atoms with Crippen molar-refractivity contribution in [2.45, 2.75) is 6.61 Å². The van der Waals surface area contributed by atoms with Gasteiger partial charge < -0.3 is 14.8 Å². The van der Waals surface area contributed by atoms with Crippen LogP contribution in [0.5, 0.6) is 11.5 Å². The molecule has 0 heterocycles. The first-order chi connectivity index (χ1) is 18.6. The zero-order valence-corrected chi connectivity index (χ0v) is 22.2. The largest absolute Gasteiger partial charge is 0.493 e. The van der Waals surface area contributed by atoms with Crippen LogP contribution in [-0.2, 0) is 11.4 Å². The van der Waals surface area contributed by atoms with Gasteiger partial charge in [-0.1, -0.05) is 72.8 Å². The lowest BCUT2D eigenvalue weighted by atomic mass is 10.1. The number of hydrogen-bond donors (Lipinski definition) is 1. The standard InChI is InChI=1S/C32H23BrN2O3/c1-37-30-17-21(15-26(19-34)32(36)35-27-14-13-22-7-2-3-9-24(22)18-27)16-29(33)31(30)38-20-25-11-6-10-23-8-4-5-12-28(23)25/h2-18H,20H2,1H3,(H,35,36)/b26-15+. The maximum atomic E-state index is 12.9. The van der Waals surface area contributed by atoms with E-state index in [9.17, 15) is 10.1 Å². The predicted molar refractivity (Wildman–Crippen MR) is 155 cm³/mol. The molecule has 0 saturated heterocycles. The quantitative estimate of drug-likeness (QED) is 0.162. The zero-order chi connectivity index (χ0) is 26.5. The molecular formula is C32H23BrN2O3. The molecule has 0 fully saturated rings. The number of carbonyl (C=O) groups excluding carboxylic acids is 1. The summed E-state index contributed by atoms with van der Waals surface area (Å²) in [4.78, 5) is 12.9. The molecule has 1 N–H and O–H groups in total. The van der Waals surface area contributed by atoms with Gasteiger partial charge in [-0.3, -0.25) is 4.79 Å². The van der Waals surface area contributed by atoms with Crippen LogP contribution in [0.4, 0.5) is 5.69 Å². The molecule has 0 aliphatic heterocycles. The number of nitrogens with one attached hydrogen (secondary N) is 1. The molecule has 5 nitrogen and oxygen atoms in total. The molecule has 0 saturated carbocycles. The molecule has 38 heavy (non-hydrogen) atoms. The summed E-state index contributed by atoms with van der Waals surface area (Å²) in [5.74, 6) is 0.531. The lowest BCUT2D eigenvalue weighted by Gasteiger charge is -2.15. The molecule has 186 valence electrons. The molecule has 0 aliphatic carbocycles. The van der Waals surface area contributed by atoms with Gasteiger partial charge in [-0.15, -0.1) is 0 Å². The van der Waals surface area contributed by atoms with E-state index < -0.39 is 5.91 Å². The number of hydrogen-bond acceptors (Lipinski definition) is 4. The molecule has 0 unspecified atom stereocenters. The summed E-state index contributed by atoms with van der Waals surface area (Å²) in [6.07, 6.45) is 1.53. The van der Waals surface area contributed by atoms with Gasteiger partial charge in [0.05, 0.1) is 11.6 Å². The third-order valence-electron chi connectivity index (χ3n) is 6.19. The molecule has 0 bridgehead atoms. The maximum absolute atomic E-state index is 12.9. The van der Waals surface area contributed by atoms with E-state index in [-0.39, 0.29) is 5.57 Å². The molecule has 1 amide bonds. The Balaban J connectivity index is 1.37. The number of methoxy groups -OCH3 is 1. The van der Waals surface area contributed by atoms with Crippen LogP contribution in [0.3, 0.4) is 0 Å². The number of anilines is 1. The SMILES string of the molecule is COc1cc(/C=C(\C#N)C(=O)Nc2ccc3ccccc3c2)cc(Br)c1OCc1cccc2ccccc12. The van der Waals surface area contributed by atoms with Gasteiger partial charge >= 0.3 is 0 Å². The highest BCUT2D eigenvalue weighted by molar-refractivity contribution is 9.10. The number of ether oxygens (including phenoxy) is 2. The van der Waals surface area contributed by atoms with Crippen molar-refractivity contribution in [3.63, 3.8) is 0 Å². The van der Waals surface area contributed by atoms with Gasteiger partial charge in [-0.25, -0.2) is 0 Å². The van der Waals surface area contributed by atoms with E-state index in [2.05, 4.69) is 39.4 Å². The molecular weight excluding hydrogens is 540 g/mol. The summed E-state index contributed by atoms with van der Waals surface area (Å²) < 4.78 is 12.4. The summed E-state index contributed by atoms with van der Waals surface area (Å²) in [6, 6.07) is 33.3. The Hall–Kier alpha value is -4.60. The highest BCUT2D eigenvalue weighted by atomic mass is 79.9. The van der Waals surface area contributed by atoms with E-state index in [0.29, 0.717) is 33.8 Å². The lowest BCUT2D eigenvalue weighted by molar-refractivity contribution is -0.112. The number of rotatable bonds is 7. The molecule has 5 rings (SSSR count). The first-order valence-electron chi connectivity index (χ1n) is 11.9. The number of halogens is 1. The number of amides is 1. The van der Waals surface area contributed by atoms with E-state index in [1.54, 1.807) is 19.2 Å². The minimum atomic E-state index is -0.492. The molecule has 0 spiro atoms. The molecule has 5 aromatic rings. The van der Waals surface area contributed by atoms with Gasteiger partial charge in [0.2, 0.25) is 0 Å². The van der Waals surface area contributed by atoms with Crippen LogP contribution >= 0.6 is 15.9 Å². The summed E-state index contributed by atoms with van der Waals surface area (Å²) in [5, 5.41) is 16.9. The van der Waals surface area contributed by atoms with Gasteiger partial charge in [0, 0.05) is 5.69 Å². The Morgan fingerprint density at radius 1 is 0.921 bits per heavy atom. The average molecular weight is 563 g/mol. The lowest BCUT2D eigenvalue weighted by Crippen LogP contribution is -2.13. The molecule has 0 aliphatic rings. The van der Waals surface area contributed by atoms with Crippen LogP contribution in [0, 0.1) is 11.3 Å². The summed E-state index contributed by atoms with van der Waals surface area (Å²) in [6.45, 7) is 0.350. The maximum Gasteiger partial charge on any atom is 0.266 e. The Bertz CT molecular complexity index is 1730. The van der Waals surface area contributed by atoms with Gasteiger partial charge in [-0.2, -0.15) is 5.26 Å². The number of benzene rings is 5. The highest BCUT2D eigenvalue weighted by Gasteiger charge is 2.15. The summed E-state index contributed by atoms with van der Waals surface area (Å²) in [7, 11) is 1.55. The third-order valence-corrected chi connectivity index (χ3v) is 6.78. The fourth-order valence-electron chi connectivity index (χ4n) is 4.31. The minimum Gasteiger partial charge on any atom is -0.493 e. The van der Waals surface area contributed by atoms with Crippen LogP contribution < -0.4 is 14.8 Å². The second kappa shape index (κ2) is 11.2. The molecule has 6 heteroatoms. The minimum absolute atomic E-state index is 0.0310. The monoisotopic (exact) mass is 562 g/mol. The van der Waals surface area contributed by atoms with Gasteiger partial charge in [0.1, 0.15) is 18.2 Å². The smallest absolute Gasteiger partial charge is 0.266 e. The molecule has 0 atom stereocenters. The van der Waals surface area contributed by atoms with Gasteiger partial charge in [0.25, 0.3) is 5.91 Å². The van der Waals surface area contributed by atoms with Crippen molar-refractivity contribution >= 4 is 55.1 Å². The normalized spacial score (nSPS) is 11.2. The second-order valence-corrected chi connectivity index (χ2v) is 9.50. The molecule has 0 aromatic heterocycles. The Morgan fingerprint density at radius 2 is 1.66 bits per heavy atom. The first-order valence-corrected chi connectivity index (χ1v) is 12.7. The Morgan fingerprint density at radius 3 is 2.45 bits per heavy atom. The summed E-state index contributed by atoms with van der Waals surface area (Å²) in [5.41, 5.74) is 2.26. The fraction of sp³-hybridized carbons (Fsp3) is 0.0625. The third kappa shape index (κ3) is 5.39. The predicted octanol–water partition coefficient (Wildman–Crippen LogP) is 7.89. The fourth-order valence-corrected chi connectivity index (χ4v) is 4.89. The van der Waals surface area contributed by atoms with Crippen LogP contribution in [0.15, 0.2) is 107 Å².